The first-order valence-electron chi connectivity index (χ1n) is 4.98. The molecule has 2 heterocycles. The number of pyridine rings is 1. The van der Waals surface area contributed by atoms with Gasteiger partial charge in [-0.25, -0.2) is 4.98 Å². The maximum atomic E-state index is 4.28. The van der Waals surface area contributed by atoms with Crippen molar-refractivity contribution in [2.24, 2.45) is 0 Å². The lowest BCUT2D eigenvalue weighted by Crippen LogP contribution is -2.06. The van der Waals surface area contributed by atoms with Gasteiger partial charge >= 0.3 is 0 Å². The molecule has 0 amide bonds. The normalized spacial score (nSPS) is 12.4. The summed E-state index contributed by atoms with van der Waals surface area (Å²) < 4.78 is 0. The second kappa shape index (κ2) is 4.45. The Bertz CT molecular complexity index is 423. The van der Waals surface area contributed by atoms with E-state index in [2.05, 4.69) is 47.7 Å². The van der Waals surface area contributed by atoms with Crippen LogP contribution in [0.3, 0.4) is 0 Å². The third-order valence-electron chi connectivity index (χ3n) is 2.25. The van der Waals surface area contributed by atoms with Gasteiger partial charge in [-0.2, -0.15) is 0 Å². The molecule has 1 atom stereocenters. The maximum Gasteiger partial charge on any atom is 0.126 e. The van der Waals surface area contributed by atoms with Crippen LogP contribution in [-0.4, -0.2) is 4.98 Å². The number of nitrogens with zero attached hydrogens (tertiary/aromatic N) is 1. The predicted molar refractivity (Wildman–Crippen MR) is 65.3 cm³/mol. The highest BCUT2D eigenvalue weighted by Crippen LogP contribution is 2.22. The molecule has 0 aliphatic carbocycles. The zero-order chi connectivity index (χ0) is 10.7. The van der Waals surface area contributed by atoms with E-state index in [1.807, 2.05) is 12.3 Å². The average Bonchev–Trinajstić information content (AvgIpc) is 2.70. The summed E-state index contributed by atoms with van der Waals surface area (Å²) in [5.74, 6) is 0.941. The quantitative estimate of drug-likeness (QED) is 0.851. The van der Waals surface area contributed by atoms with Gasteiger partial charge in [-0.1, -0.05) is 6.07 Å². The summed E-state index contributed by atoms with van der Waals surface area (Å²) in [4.78, 5) is 5.61. The van der Waals surface area contributed by atoms with E-state index < -0.39 is 0 Å². The zero-order valence-corrected chi connectivity index (χ0v) is 9.71. The van der Waals surface area contributed by atoms with E-state index in [4.69, 9.17) is 0 Å². The third kappa shape index (κ3) is 2.57. The van der Waals surface area contributed by atoms with Crippen molar-refractivity contribution in [3.05, 3.63) is 46.3 Å². The molecule has 0 bridgehead atoms. The van der Waals surface area contributed by atoms with Crippen molar-refractivity contribution >= 4 is 17.2 Å². The molecule has 1 N–H and O–H groups in total. The molecular weight excluding hydrogens is 204 g/mol. The van der Waals surface area contributed by atoms with Gasteiger partial charge in [0.1, 0.15) is 5.82 Å². The van der Waals surface area contributed by atoms with Crippen LogP contribution in [0.15, 0.2) is 35.8 Å². The molecule has 0 saturated carbocycles. The molecule has 0 aromatic carbocycles. The molecule has 0 saturated heterocycles. The fraction of sp³-hybridized carbons (Fsp3) is 0.250. The Morgan fingerprint density at radius 3 is 2.93 bits per heavy atom. The standard InChI is InChI=1S/C12H14N2S/c1-9-5-6-13-12(8-9)14-10(2)11-4-3-7-15-11/h3-8,10H,1-2H3,(H,13,14). The van der Waals surface area contributed by atoms with Crippen LogP contribution in [0.5, 0.6) is 0 Å². The highest BCUT2D eigenvalue weighted by Gasteiger charge is 2.06. The fourth-order valence-corrected chi connectivity index (χ4v) is 2.18. The van der Waals surface area contributed by atoms with Crippen LogP contribution in [0.1, 0.15) is 23.4 Å². The summed E-state index contributed by atoms with van der Waals surface area (Å²) in [6.45, 7) is 4.22. The number of hydrogen-bond acceptors (Lipinski definition) is 3. The lowest BCUT2D eigenvalue weighted by molar-refractivity contribution is 0.896. The summed E-state index contributed by atoms with van der Waals surface area (Å²) in [5.41, 5.74) is 1.23. The van der Waals surface area contributed by atoms with Crippen molar-refractivity contribution < 1.29 is 0 Å². The average molecular weight is 218 g/mol. The van der Waals surface area contributed by atoms with E-state index in [-0.39, 0.29) is 0 Å². The Kier molecular flexibility index (Phi) is 3.02. The Balaban J connectivity index is 2.09. The molecule has 78 valence electrons. The lowest BCUT2D eigenvalue weighted by Gasteiger charge is -2.12. The van der Waals surface area contributed by atoms with E-state index in [0.717, 1.165) is 5.82 Å². The summed E-state index contributed by atoms with van der Waals surface area (Å²) >= 11 is 1.76. The summed E-state index contributed by atoms with van der Waals surface area (Å²) in [6, 6.07) is 8.59. The molecule has 0 aliphatic heterocycles. The van der Waals surface area contributed by atoms with Gasteiger partial charge < -0.3 is 5.32 Å². The van der Waals surface area contributed by atoms with Crippen LogP contribution in [0.25, 0.3) is 0 Å². The highest BCUT2D eigenvalue weighted by molar-refractivity contribution is 7.10. The topological polar surface area (TPSA) is 24.9 Å². The Morgan fingerprint density at radius 1 is 1.40 bits per heavy atom. The number of nitrogens with one attached hydrogen (secondary N) is 1. The number of rotatable bonds is 3. The van der Waals surface area contributed by atoms with Crippen molar-refractivity contribution in [2.75, 3.05) is 5.32 Å². The van der Waals surface area contributed by atoms with Crippen molar-refractivity contribution in [3.8, 4) is 0 Å². The van der Waals surface area contributed by atoms with E-state index in [1.54, 1.807) is 11.3 Å². The minimum Gasteiger partial charge on any atom is -0.363 e. The SMILES string of the molecule is Cc1ccnc(NC(C)c2cccs2)c1. The first-order valence-corrected chi connectivity index (χ1v) is 5.86. The van der Waals surface area contributed by atoms with Crippen LogP contribution in [0, 0.1) is 6.92 Å². The number of anilines is 1. The number of aryl methyl sites for hydroxylation is 1. The third-order valence-corrected chi connectivity index (χ3v) is 3.30. The molecule has 3 heteroatoms. The number of thiophene rings is 1. The van der Waals surface area contributed by atoms with Crippen LogP contribution < -0.4 is 5.32 Å². The molecule has 0 fully saturated rings. The molecule has 2 aromatic heterocycles. The first kappa shape index (κ1) is 10.2. The molecule has 0 aliphatic rings. The van der Waals surface area contributed by atoms with Crippen LogP contribution >= 0.6 is 11.3 Å². The van der Waals surface area contributed by atoms with Gasteiger partial charge in [0, 0.05) is 11.1 Å². The van der Waals surface area contributed by atoms with Gasteiger partial charge in [0.2, 0.25) is 0 Å². The Hall–Kier alpha value is -1.35. The van der Waals surface area contributed by atoms with Gasteiger partial charge in [-0.3, -0.25) is 0 Å². The summed E-state index contributed by atoms with van der Waals surface area (Å²) in [7, 11) is 0. The molecule has 0 radical (unpaired) electrons. The Labute approximate surface area is 94.0 Å². The monoisotopic (exact) mass is 218 g/mol. The van der Waals surface area contributed by atoms with Crippen molar-refractivity contribution in [2.45, 2.75) is 19.9 Å². The van der Waals surface area contributed by atoms with Crippen LogP contribution in [0.2, 0.25) is 0 Å². The summed E-state index contributed by atoms with van der Waals surface area (Å²) in [6.07, 6.45) is 1.83. The molecule has 2 nitrogen and oxygen atoms in total. The smallest absolute Gasteiger partial charge is 0.126 e. The lowest BCUT2D eigenvalue weighted by atomic mass is 10.2. The minimum atomic E-state index is 0.319. The van der Waals surface area contributed by atoms with Gasteiger partial charge in [-0.05, 0) is 43.0 Å². The number of hydrogen-bond donors (Lipinski definition) is 1. The van der Waals surface area contributed by atoms with E-state index in [1.165, 1.54) is 10.4 Å². The molecule has 0 spiro atoms. The molecule has 15 heavy (non-hydrogen) atoms. The first-order chi connectivity index (χ1) is 7.25. The van der Waals surface area contributed by atoms with Gasteiger partial charge in [0.15, 0.2) is 0 Å². The summed E-state index contributed by atoms with van der Waals surface area (Å²) in [5, 5.41) is 5.48. The molecular formula is C12H14N2S. The van der Waals surface area contributed by atoms with Gasteiger partial charge in [0.05, 0.1) is 6.04 Å². The Morgan fingerprint density at radius 2 is 2.27 bits per heavy atom. The number of aromatic nitrogens is 1. The molecule has 2 aromatic rings. The minimum absolute atomic E-state index is 0.319. The highest BCUT2D eigenvalue weighted by atomic mass is 32.1. The van der Waals surface area contributed by atoms with E-state index in [9.17, 15) is 0 Å². The fourth-order valence-electron chi connectivity index (χ4n) is 1.45. The predicted octanol–water partition coefficient (Wildman–Crippen LogP) is 3.62. The van der Waals surface area contributed by atoms with Crippen molar-refractivity contribution in [1.29, 1.82) is 0 Å². The van der Waals surface area contributed by atoms with Gasteiger partial charge in [-0.15, -0.1) is 11.3 Å². The van der Waals surface area contributed by atoms with Gasteiger partial charge in [0.25, 0.3) is 0 Å². The second-order valence-electron chi connectivity index (χ2n) is 3.60. The van der Waals surface area contributed by atoms with Crippen LogP contribution in [0.4, 0.5) is 5.82 Å². The van der Waals surface area contributed by atoms with E-state index in [0.29, 0.717) is 6.04 Å². The zero-order valence-electron chi connectivity index (χ0n) is 8.90. The van der Waals surface area contributed by atoms with E-state index >= 15 is 0 Å². The maximum absolute atomic E-state index is 4.28. The van der Waals surface area contributed by atoms with Crippen LogP contribution in [-0.2, 0) is 0 Å². The molecule has 1 unspecified atom stereocenters. The largest absolute Gasteiger partial charge is 0.363 e. The second-order valence-corrected chi connectivity index (χ2v) is 4.58. The molecule has 2 rings (SSSR count). The van der Waals surface area contributed by atoms with Crippen molar-refractivity contribution in [1.82, 2.24) is 4.98 Å². The van der Waals surface area contributed by atoms with Crippen molar-refractivity contribution in [3.63, 3.8) is 0 Å².